The molecule has 0 unspecified atom stereocenters. The number of nitrogen functional groups attached to an aromatic ring is 1. The molecule has 0 aliphatic heterocycles. The molecule has 2 aromatic rings. The van der Waals surface area contributed by atoms with E-state index in [1.807, 2.05) is 6.92 Å². The van der Waals surface area contributed by atoms with E-state index in [9.17, 15) is 9.18 Å². The zero-order valence-electron chi connectivity index (χ0n) is 11.9. The number of nitrogens with one attached hydrogen (secondary N) is 2. The fraction of sp³-hybridized carbons (Fsp3) is 0.286. The molecule has 2 rings (SSSR count). The highest BCUT2D eigenvalue weighted by atomic mass is 32.1. The molecule has 0 aliphatic carbocycles. The Labute approximate surface area is 126 Å². The Morgan fingerprint density at radius 3 is 2.95 bits per heavy atom. The summed E-state index contributed by atoms with van der Waals surface area (Å²) in [7, 11) is 0. The molecule has 4 N–H and O–H groups in total. The predicted molar refractivity (Wildman–Crippen MR) is 84.4 cm³/mol. The molecule has 0 atom stereocenters. The van der Waals surface area contributed by atoms with E-state index >= 15 is 0 Å². The number of benzene rings is 1. The molecule has 1 aromatic heterocycles. The second-order valence-corrected chi connectivity index (χ2v) is 5.53. The molecule has 0 aliphatic rings. The Balaban J connectivity index is 2.16. The van der Waals surface area contributed by atoms with E-state index in [-0.39, 0.29) is 17.5 Å². The third-order valence-corrected chi connectivity index (χ3v) is 3.93. The minimum Gasteiger partial charge on any atom is -0.382 e. The van der Waals surface area contributed by atoms with Crippen LogP contribution in [0.5, 0.6) is 0 Å². The normalized spacial score (nSPS) is 10.4. The largest absolute Gasteiger partial charge is 0.382 e. The number of hydrogen-bond donors (Lipinski definition) is 3. The quantitative estimate of drug-likeness (QED) is 0.792. The Morgan fingerprint density at radius 1 is 1.48 bits per heavy atom. The number of amides is 1. The maximum absolute atomic E-state index is 13.5. The second-order valence-electron chi connectivity index (χ2n) is 4.53. The average Bonchev–Trinajstić information content (AvgIpc) is 2.83. The van der Waals surface area contributed by atoms with Crippen LogP contribution in [0.4, 0.5) is 21.0 Å². The van der Waals surface area contributed by atoms with Crippen molar-refractivity contribution in [2.45, 2.75) is 20.3 Å². The Hall–Kier alpha value is -2.15. The van der Waals surface area contributed by atoms with Gasteiger partial charge in [-0.1, -0.05) is 24.3 Å². The number of nitrogens with two attached hydrogens (primary N) is 1. The first-order valence-corrected chi connectivity index (χ1v) is 7.41. The van der Waals surface area contributed by atoms with Crippen LogP contribution in [0.25, 0.3) is 0 Å². The summed E-state index contributed by atoms with van der Waals surface area (Å²) in [5.74, 6) is -0.580. The number of anilines is 3. The molecule has 0 bridgehead atoms. The number of carbonyl (C=O) groups is 1. The molecule has 0 radical (unpaired) electrons. The molecular formula is C14H17FN4OS. The lowest BCUT2D eigenvalue weighted by Crippen LogP contribution is -2.13. The standard InChI is InChI=1S/C14H17FN4OS/c1-3-7-17-14-19-12(16)11(21-14)13(20)18-10-6-4-5-9(15)8(10)2/h4-6H,3,7,16H2,1-2H3,(H,17,19)(H,18,20). The fourth-order valence-electron chi connectivity index (χ4n) is 1.72. The van der Waals surface area contributed by atoms with Gasteiger partial charge in [0, 0.05) is 17.8 Å². The topological polar surface area (TPSA) is 80.0 Å². The van der Waals surface area contributed by atoms with Crippen LogP contribution in [0, 0.1) is 12.7 Å². The van der Waals surface area contributed by atoms with Crippen molar-refractivity contribution >= 4 is 33.9 Å². The first-order chi connectivity index (χ1) is 10.0. The van der Waals surface area contributed by atoms with Crippen LogP contribution >= 0.6 is 11.3 Å². The Bertz CT molecular complexity index is 656. The van der Waals surface area contributed by atoms with Gasteiger partial charge in [0.1, 0.15) is 16.5 Å². The van der Waals surface area contributed by atoms with Crippen LogP contribution in [0.15, 0.2) is 18.2 Å². The highest BCUT2D eigenvalue weighted by Crippen LogP contribution is 2.26. The van der Waals surface area contributed by atoms with Crippen molar-refractivity contribution in [1.82, 2.24) is 4.98 Å². The molecule has 0 spiro atoms. The summed E-state index contributed by atoms with van der Waals surface area (Å²) in [4.78, 5) is 16.6. The maximum Gasteiger partial charge on any atom is 0.269 e. The van der Waals surface area contributed by atoms with E-state index in [0.717, 1.165) is 13.0 Å². The van der Waals surface area contributed by atoms with E-state index in [2.05, 4.69) is 15.6 Å². The van der Waals surface area contributed by atoms with Crippen LogP contribution < -0.4 is 16.4 Å². The van der Waals surface area contributed by atoms with Gasteiger partial charge in [0.2, 0.25) is 0 Å². The first kappa shape index (κ1) is 15.2. The Morgan fingerprint density at radius 2 is 2.24 bits per heavy atom. The number of carbonyl (C=O) groups excluding carboxylic acids is 1. The van der Waals surface area contributed by atoms with Crippen LogP contribution in [-0.4, -0.2) is 17.4 Å². The molecule has 7 heteroatoms. The number of thiazole rings is 1. The highest BCUT2D eigenvalue weighted by Gasteiger charge is 2.17. The van der Waals surface area contributed by atoms with Crippen LogP contribution in [-0.2, 0) is 0 Å². The Kier molecular flexibility index (Phi) is 4.74. The maximum atomic E-state index is 13.5. The smallest absolute Gasteiger partial charge is 0.269 e. The molecule has 1 aromatic carbocycles. The predicted octanol–water partition coefficient (Wildman–Crippen LogP) is 3.25. The first-order valence-electron chi connectivity index (χ1n) is 6.59. The van der Waals surface area contributed by atoms with Gasteiger partial charge in [0.15, 0.2) is 5.13 Å². The van der Waals surface area contributed by atoms with Crippen molar-refractivity contribution in [1.29, 1.82) is 0 Å². The van der Waals surface area contributed by atoms with Gasteiger partial charge in [0.05, 0.1) is 0 Å². The van der Waals surface area contributed by atoms with Gasteiger partial charge >= 0.3 is 0 Å². The van der Waals surface area contributed by atoms with Crippen molar-refractivity contribution in [3.05, 3.63) is 34.5 Å². The summed E-state index contributed by atoms with van der Waals surface area (Å²) in [5.41, 5.74) is 6.57. The van der Waals surface area contributed by atoms with Crippen molar-refractivity contribution in [3.8, 4) is 0 Å². The lowest BCUT2D eigenvalue weighted by atomic mass is 10.2. The van der Waals surface area contributed by atoms with E-state index in [1.165, 1.54) is 17.4 Å². The van der Waals surface area contributed by atoms with Crippen LogP contribution in [0.1, 0.15) is 28.6 Å². The minimum atomic E-state index is -0.386. The number of halogens is 1. The van der Waals surface area contributed by atoms with E-state index in [1.54, 1.807) is 19.1 Å². The lowest BCUT2D eigenvalue weighted by molar-refractivity contribution is 0.103. The second kappa shape index (κ2) is 6.53. The van der Waals surface area contributed by atoms with Crippen molar-refractivity contribution in [2.24, 2.45) is 0 Å². The molecule has 112 valence electrons. The van der Waals surface area contributed by atoms with Gasteiger partial charge in [-0.05, 0) is 25.5 Å². The fourth-order valence-corrected chi connectivity index (χ4v) is 2.53. The van der Waals surface area contributed by atoms with E-state index in [0.29, 0.717) is 21.3 Å². The molecular weight excluding hydrogens is 291 g/mol. The molecule has 0 saturated carbocycles. The van der Waals surface area contributed by atoms with Crippen molar-refractivity contribution in [2.75, 3.05) is 22.9 Å². The van der Waals surface area contributed by atoms with Gasteiger partial charge in [-0.25, -0.2) is 9.37 Å². The minimum absolute atomic E-state index is 0.171. The zero-order chi connectivity index (χ0) is 15.4. The van der Waals surface area contributed by atoms with Crippen molar-refractivity contribution in [3.63, 3.8) is 0 Å². The SMILES string of the molecule is CCCNc1nc(N)c(C(=O)Nc2cccc(F)c2C)s1. The lowest BCUT2D eigenvalue weighted by Gasteiger charge is -2.07. The third-order valence-electron chi connectivity index (χ3n) is 2.90. The monoisotopic (exact) mass is 308 g/mol. The van der Waals surface area contributed by atoms with Gasteiger partial charge in [-0.3, -0.25) is 4.79 Å². The molecule has 1 heterocycles. The summed E-state index contributed by atoms with van der Waals surface area (Å²) in [6.07, 6.45) is 0.948. The molecule has 0 saturated heterocycles. The van der Waals surface area contributed by atoms with E-state index < -0.39 is 0 Å². The van der Waals surface area contributed by atoms with Gasteiger partial charge in [-0.15, -0.1) is 0 Å². The molecule has 21 heavy (non-hydrogen) atoms. The van der Waals surface area contributed by atoms with Gasteiger partial charge in [0.25, 0.3) is 5.91 Å². The van der Waals surface area contributed by atoms with Gasteiger partial charge in [-0.2, -0.15) is 0 Å². The number of aromatic nitrogens is 1. The van der Waals surface area contributed by atoms with Crippen LogP contribution in [0.2, 0.25) is 0 Å². The molecule has 1 amide bonds. The molecule has 0 fully saturated rings. The van der Waals surface area contributed by atoms with E-state index in [4.69, 9.17) is 5.73 Å². The van der Waals surface area contributed by atoms with Gasteiger partial charge < -0.3 is 16.4 Å². The molecule has 5 nitrogen and oxygen atoms in total. The summed E-state index contributed by atoms with van der Waals surface area (Å²) >= 11 is 1.18. The summed E-state index contributed by atoms with van der Waals surface area (Å²) in [6.45, 7) is 4.40. The summed E-state index contributed by atoms with van der Waals surface area (Å²) in [5, 5.41) is 6.35. The third kappa shape index (κ3) is 3.49. The van der Waals surface area contributed by atoms with Crippen molar-refractivity contribution < 1.29 is 9.18 Å². The number of nitrogens with zero attached hydrogens (tertiary/aromatic N) is 1. The number of rotatable bonds is 5. The summed E-state index contributed by atoms with van der Waals surface area (Å²) in [6, 6.07) is 4.53. The number of hydrogen-bond acceptors (Lipinski definition) is 5. The zero-order valence-corrected chi connectivity index (χ0v) is 12.7. The van der Waals surface area contributed by atoms with Crippen LogP contribution in [0.3, 0.4) is 0 Å². The highest BCUT2D eigenvalue weighted by molar-refractivity contribution is 7.18. The summed E-state index contributed by atoms with van der Waals surface area (Å²) < 4.78 is 13.5. The average molecular weight is 308 g/mol.